The number of rotatable bonds is 7. The summed E-state index contributed by atoms with van der Waals surface area (Å²) in [5.74, 6) is 0.289. The van der Waals surface area contributed by atoms with E-state index in [0.717, 1.165) is 19.3 Å². The lowest BCUT2D eigenvalue weighted by molar-refractivity contribution is 0.0947. The number of aromatic nitrogens is 2. The second-order valence-electron chi connectivity index (χ2n) is 5.03. The highest BCUT2D eigenvalue weighted by Gasteiger charge is 2.07. The molecule has 5 nitrogen and oxygen atoms in total. The summed E-state index contributed by atoms with van der Waals surface area (Å²) in [6, 6.07) is 5.10. The zero-order valence-corrected chi connectivity index (χ0v) is 14.3. The first-order chi connectivity index (χ1) is 11.1. The van der Waals surface area contributed by atoms with Gasteiger partial charge in [0, 0.05) is 22.3 Å². The van der Waals surface area contributed by atoms with E-state index in [1.54, 1.807) is 18.2 Å². The highest BCUT2D eigenvalue weighted by atomic mass is 35.5. The molecule has 1 aromatic heterocycles. The van der Waals surface area contributed by atoms with E-state index < -0.39 is 0 Å². The van der Waals surface area contributed by atoms with E-state index in [4.69, 9.17) is 23.2 Å². The molecule has 2 N–H and O–H groups in total. The molecule has 0 aliphatic carbocycles. The third-order valence-electron chi connectivity index (χ3n) is 3.09. The summed E-state index contributed by atoms with van der Waals surface area (Å²) in [6.07, 6.45) is 6.10. The average Bonchev–Trinajstić information content (AvgIpc) is 2.51. The molecule has 7 heteroatoms. The van der Waals surface area contributed by atoms with Gasteiger partial charge in [-0.3, -0.25) is 4.79 Å². The minimum atomic E-state index is -0.217. The molecule has 1 aromatic carbocycles. The molecule has 0 atom stereocenters. The number of halogens is 2. The highest BCUT2D eigenvalue weighted by molar-refractivity contribution is 6.35. The smallest absolute Gasteiger partial charge is 0.271 e. The molecule has 2 rings (SSSR count). The molecule has 2 aromatic rings. The summed E-state index contributed by atoms with van der Waals surface area (Å²) in [5, 5.41) is 6.91. The summed E-state index contributed by atoms with van der Waals surface area (Å²) in [5.41, 5.74) is 0.991. The Labute approximate surface area is 145 Å². The summed E-state index contributed by atoms with van der Waals surface area (Å²) in [6.45, 7) is 2.77. The van der Waals surface area contributed by atoms with Gasteiger partial charge in [-0.1, -0.05) is 43.0 Å². The van der Waals surface area contributed by atoms with Crippen LogP contribution >= 0.6 is 23.2 Å². The molecule has 0 aliphatic rings. The van der Waals surface area contributed by atoms with Gasteiger partial charge in [0.2, 0.25) is 0 Å². The quantitative estimate of drug-likeness (QED) is 0.722. The Morgan fingerprint density at radius 3 is 2.43 bits per heavy atom. The topological polar surface area (TPSA) is 66.9 Å². The lowest BCUT2D eigenvalue weighted by Crippen LogP contribution is -2.25. The van der Waals surface area contributed by atoms with Gasteiger partial charge in [0.05, 0.1) is 12.4 Å². The van der Waals surface area contributed by atoms with Gasteiger partial charge in [0.1, 0.15) is 11.5 Å². The molecule has 1 amide bonds. The van der Waals surface area contributed by atoms with E-state index in [2.05, 4.69) is 27.5 Å². The van der Waals surface area contributed by atoms with E-state index in [1.165, 1.54) is 12.4 Å². The average molecular weight is 353 g/mol. The van der Waals surface area contributed by atoms with Gasteiger partial charge in [-0.15, -0.1) is 0 Å². The number of amides is 1. The molecule has 1 heterocycles. The Balaban J connectivity index is 1.95. The van der Waals surface area contributed by atoms with Crippen molar-refractivity contribution in [2.75, 3.05) is 11.9 Å². The normalized spacial score (nSPS) is 10.4. The van der Waals surface area contributed by atoms with Gasteiger partial charge in [-0.2, -0.15) is 0 Å². The maximum Gasteiger partial charge on any atom is 0.271 e. The van der Waals surface area contributed by atoms with Crippen molar-refractivity contribution in [3.63, 3.8) is 0 Å². The van der Waals surface area contributed by atoms with Crippen LogP contribution in [0.1, 0.15) is 36.7 Å². The summed E-state index contributed by atoms with van der Waals surface area (Å²) in [7, 11) is 0. The second-order valence-corrected chi connectivity index (χ2v) is 5.91. The molecule has 0 radical (unpaired) electrons. The van der Waals surface area contributed by atoms with Crippen molar-refractivity contribution in [3.8, 4) is 0 Å². The third-order valence-corrected chi connectivity index (χ3v) is 3.52. The number of anilines is 2. The molecule has 0 aliphatic heterocycles. The maximum atomic E-state index is 11.9. The van der Waals surface area contributed by atoms with Crippen molar-refractivity contribution in [3.05, 3.63) is 46.3 Å². The molecule has 0 fully saturated rings. The fourth-order valence-corrected chi connectivity index (χ4v) is 2.48. The Morgan fingerprint density at radius 1 is 1.09 bits per heavy atom. The van der Waals surface area contributed by atoms with Crippen LogP contribution in [0.2, 0.25) is 10.0 Å². The van der Waals surface area contributed by atoms with Crippen molar-refractivity contribution >= 4 is 40.6 Å². The Bertz CT molecular complexity index is 641. The van der Waals surface area contributed by atoms with E-state index in [1.807, 2.05) is 0 Å². The standard InChI is InChI=1S/C16H18Cl2N4O/c1-2-3-4-5-19-16(23)14-9-21-15(10-20-14)22-13-7-11(17)6-12(18)8-13/h6-10H,2-5H2,1H3,(H,19,23)(H,21,22). The first-order valence-corrected chi connectivity index (χ1v) is 8.17. The van der Waals surface area contributed by atoms with Gasteiger partial charge >= 0.3 is 0 Å². The second kappa shape index (κ2) is 8.70. The van der Waals surface area contributed by atoms with Crippen LogP contribution < -0.4 is 10.6 Å². The number of hydrogen-bond donors (Lipinski definition) is 2. The number of unbranched alkanes of at least 4 members (excludes halogenated alkanes) is 2. The molecule has 0 unspecified atom stereocenters. The zero-order chi connectivity index (χ0) is 16.7. The van der Waals surface area contributed by atoms with Gasteiger partial charge in [-0.25, -0.2) is 9.97 Å². The Kier molecular flexibility index (Phi) is 6.62. The molecule has 0 bridgehead atoms. The molecule has 122 valence electrons. The van der Waals surface area contributed by atoms with Crippen LogP contribution in [0.25, 0.3) is 0 Å². The number of carbonyl (C=O) groups is 1. The molecule has 23 heavy (non-hydrogen) atoms. The predicted molar refractivity (Wildman–Crippen MR) is 93.6 cm³/mol. The van der Waals surface area contributed by atoms with Crippen molar-refractivity contribution in [2.24, 2.45) is 0 Å². The Hall–Kier alpha value is -1.85. The van der Waals surface area contributed by atoms with Gasteiger partial charge in [-0.05, 0) is 24.6 Å². The number of nitrogens with one attached hydrogen (secondary N) is 2. The Morgan fingerprint density at radius 2 is 1.83 bits per heavy atom. The van der Waals surface area contributed by atoms with E-state index >= 15 is 0 Å². The molecular weight excluding hydrogens is 335 g/mol. The third kappa shape index (κ3) is 5.69. The lowest BCUT2D eigenvalue weighted by Gasteiger charge is -2.07. The largest absolute Gasteiger partial charge is 0.351 e. The minimum Gasteiger partial charge on any atom is -0.351 e. The van der Waals surface area contributed by atoms with Crippen molar-refractivity contribution in [1.29, 1.82) is 0 Å². The van der Waals surface area contributed by atoms with Crippen LogP contribution in [0.15, 0.2) is 30.6 Å². The van der Waals surface area contributed by atoms with Crippen LogP contribution in [0, 0.1) is 0 Å². The van der Waals surface area contributed by atoms with Crippen LogP contribution in [0.5, 0.6) is 0 Å². The van der Waals surface area contributed by atoms with Gasteiger partial charge in [0.15, 0.2) is 0 Å². The summed E-state index contributed by atoms with van der Waals surface area (Å²) in [4.78, 5) is 20.2. The fraction of sp³-hybridized carbons (Fsp3) is 0.312. The predicted octanol–water partition coefficient (Wildman–Crippen LogP) is 4.45. The van der Waals surface area contributed by atoms with Crippen LogP contribution in [0.4, 0.5) is 11.5 Å². The number of benzene rings is 1. The van der Waals surface area contributed by atoms with Crippen LogP contribution in [-0.2, 0) is 0 Å². The van der Waals surface area contributed by atoms with E-state index in [-0.39, 0.29) is 11.6 Å². The molecule has 0 saturated heterocycles. The molecule has 0 saturated carbocycles. The van der Waals surface area contributed by atoms with Crippen molar-refractivity contribution in [1.82, 2.24) is 15.3 Å². The minimum absolute atomic E-state index is 0.217. The van der Waals surface area contributed by atoms with Crippen molar-refractivity contribution in [2.45, 2.75) is 26.2 Å². The maximum absolute atomic E-state index is 11.9. The number of carbonyl (C=O) groups excluding carboxylic acids is 1. The first-order valence-electron chi connectivity index (χ1n) is 7.42. The molecule has 0 spiro atoms. The monoisotopic (exact) mass is 352 g/mol. The highest BCUT2D eigenvalue weighted by Crippen LogP contribution is 2.24. The molecular formula is C16H18Cl2N4O. The van der Waals surface area contributed by atoms with E-state index in [9.17, 15) is 4.79 Å². The summed E-state index contributed by atoms with van der Waals surface area (Å²) >= 11 is 11.9. The SMILES string of the molecule is CCCCCNC(=O)c1cnc(Nc2cc(Cl)cc(Cl)c2)cn1. The lowest BCUT2D eigenvalue weighted by atomic mass is 10.2. The van der Waals surface area contributed by atoms with Crippen molar-refractivity contribution < 1.29 is 4.79 Å². The first kappa shape index (κ1) is 17.5. The fourth-order valence-electron chi connectivity index (χ4n) is 1.95. The van der Waals surface area contributed by atoms with Gasteiger partial charge in [0.25, 0.3) is 5.91 Å². The number of nitrogens with zero attached hydrogens (tertiary/aromatic N) is 2. The number of hydrogen-bond acceptors (Lipinski definition) is 4. The van der Waals surface area contributed by atoms with Crippen LogP contribution in [-0.4, -0.2) is 22.4 Å². The zero-order valence-electron chi connectivity index (χ0n) is 12.8. The summed E-state index contributed by atoms with van der Waals surface area (Å²) < 4.78 is 0. The van der Waals surface area contributed by atoms with Crippen LogP contribution in [0.3, 0.4) is 0 Å². The van der Waals surface area contributed by atoms with Gasteiger partial charge < -0.3 is 10.6 Å². The van der Waals surface area contributed by atoms with E-state index in [0.29, 0.717) is 28.1 Å².